The minimum absolute atomic E-state index is 0.0837. The standard InChI is InChI=1S/C23H34FN7OS/c1-3-30-12-7-8-17(30)15-26-22-27-21(25)28-23(29-22)31(20-9-5-4-6-13-33-20)16-10-11-19(32-2)18(24)14-16/h10-11,14,17,20H,3-9,12-13,15H2,1-2H3,(H3,25,26,27,28,29). The summed E-state index contributed by atoms with van der Waals surface area (Å²) in [6.07, 6.45) is 6.79. The third-order valence-electron chi connectivity index (χ3n) is 6.36. The molecule has 3 N–H and O–H groups in total. The summed E-state index contributed by atoms with van der Waals surface area (Å²) in [6.45, 7) is 5.11. The van der Waals surface area contributed by atoms with Crippen LogP contribution >= 0.6 is 11.8 Å². The number of nitrogens with zero attached hydrogens (tertiary/aromatic N) is 5. The average molecular weight is 476 g/mol. The summed E-state index contributed by atoms with van der Waals surface area (Å²) in [4.78, 5) is 18.0. The molecule has 0 saturated carbocycles. The Balaban J connectivity index is 1.63. The van der Waals surface area contributed by atoms with E-state index >= 15 is 0 Å². The van der Waals surface area contributed by atoms with Crippen molar-refractivity contribution in [2.45, 2.75) is 56.9 Å². The molecular weight excluding hydrogens is 441 g/mol. The van der Waals surface area contributed by atoms with Crippen LogP contribution in [-0.4, -0.2) is 63.8 Å². The molecule has 2 saturated heterocycles. The summed E-state index contributed by atoms with van der Waals surface area (Å²) in [6, 6.07) is 5.43. The van der Waals surface area contributed by atoms with Crippen molar-refractivity contribution in [1.82, 2.24) is 19.9 Å². The SMILES string of the molecule is CCN1CCCC1CNc1nc(N)nc(N(c2ccc(OC)c(F)c2)C2CCCCCS2)n1. The monoisotopic (exact) mass is 475 g/mol. The molecule has 4 rings (SSSR count). The third-order valence-corrected chi connectivity index (χ3v) is 7.72. The highest BCUT2D eigenvalue weighted by atomic mass is 32.2. The minimum atomic E-state index is -0.417. The number of hydrogen-bond acceptors (Lipinski definition) is 9. The number of anilines is 4. The Morgan fingerprint density at radius 2 is 2.09 bits per heavy atom. The molecule has 3 heterocycles. The molecule has 0 bridgehead atoms. The van der Waals surface area contributed by atoms with Crippen LogP contribution in [0.15, 0.2) is 18.2 Å². The van der Waals surface area contributed by atoms with Crippen LogP contribution in [0.5, 0.6) is 5.75 Å². The second-order valence-electron chi connectivity index (χ2n) is 8.49. The maximum Gasteiger partial charge on any atom is 0.237 e. The van der Waals surface area contributed by atoms with Gasteiger partial charge in [-0.15, -0.1) is 11.8 Å². The van der Waals surface area contributed by atoms with Crippen LogP contribution in [-0.2, 0) is 0 Å². The van der Waals surface area contributed by atoms with Gasteiger partial charge in [0.05, 0.1) is 12.5 Å². The molecule has 1 aromatic carbocycles. The van der Waals surface area contributed by atoms with Crippen molar-refractivity contribution in [3.63, 3.8) is 0 Å². The highest BCUT2D eigenvalue weighted by Crippen LogP contribution is 2.37. The number of hydrogen-bond donors (Lipinski definition) is 2. The van der Waals surface area contributed by atoms with Gasteiger partial charge in [-0.25, -0.2) is 4.39 Å². The topological polar surface area (TPSA) is 92.4 Å². The van der Waals surface area contributed by atoms with Gasteiger partial charge >= 0.3 is 0 Å². The van der Waals surface area contributed by atoms with Gasteiger partial charge in [0, 0.05) is 24.3 Å². The van der Waals surface area contributed by atoms with Crippen molar-refractivity contribution in [2.75, 3.05) is 48.4 Å². The normalized spacial score (nSPS) is 21.5. The molecule has 0 spiro atoms. The number of ether oxygens (including phenoxy) is 1. The van der Waals surface area contributed by atoms with Gasteiger partial charge in [-0.1, -0.05) is 19.8 Å². The van der Waals surface area contributed by atoms with Crippen LogP contribution in [0, 0.1) is 5.82 Å². The number of halogens is 1. The van der Waals surface area contributed by atoms with Crippen LogP contribution in [0.4, 0.5) is 27.9 Å². The third kappa shape index (κ3) is 5.78. The van der Waals surface area contributed by atoms with E-state index in [0.29, 0.717) is 23.6 Å². The van der Waals surface area contributed by atoms with E-state index in [4.69, 9.17) is 15.5 Å². The number of likely N-dealkylation sites (N-methyl/N-ethyl adjacent to an activating group) is 1. The first-order chi connectivity index (χ1) is 16.1. The van der Waals surface area contributed by atoms with Gasteiger partial charge < -0.3 is 15.8 Å². The number of methoxy groups -OCH3 is 1. The lowest BCUT2D eigenvalue weighted by Gasteiger charge is -2.31. The Morgan fingerprint density at radius 1 is 1.21 bits per heavy atom. The van der Waals surface area contributed by atoms with E-state index in [1.807, 2.05) is 22.7 Å². The summed E-state index contributed by atoms with van der Waals surface area (Å²) in [7, 11) is 1.46. The van der Waals surface area contributed by atoms with Crippen molar-refractivity contribution in [2.24, 2.45) is 0 Å². The van der Waals surface area contributed by atoms with Gasteiger partial charge in [-0.2, -0.15) is 15.0 Å². The number of likely N-dealkylation sites (tertiary alicyclic amines) is 1. The van der Waals surface area contributed by atoms with Crippen LogP contribution in [0.1, 0.15) is 45.4 Å². The van der Waals surface area contributed by atoms with E-state index in [1.165, 1.54) is 32.4 Å². The largest absolute Gasteiger partial charge is 0.494 e. The molecular formula is C23H34FN7OS. The molecule has 2 aromatic rings. The number of thioether (sulfide) groups is 1. The van der Waals surface area contributed by atoms with E-state index < -0.39 is 5.82 Å². The summed E-state index contributed by atoms with van der Waals surface area (Å²) in [5.74, 6) is 1.88. The van der Waals surface area contributed by atoms with E-state index in [0.717, 1.165) is 44.6 Å². The highest BCUT2D eigenvalue weighted by Gasteiger charge is 2.27. The summed E-state index contributed by atoms with van der Waals surface area (Å²) >= 11 is 1.85. The fourth-order valence-electron chi connectivity index (χ4n) is 4.64. The fraction of sp³-hybridized carbons (Fsp3) is 0.609. The molecule has 0 amide bonds. The molecule has 0 radical (unpaired) electrons. The summed E-state index contributed by atoms with van der Waals surface area (Å²) in [5, 5.41) is 3.46. The number of nitrogens with one attached hydrogen (secondary N) is 1. The lowest BCUT2D eigenvalue weighted by atomic mass is 10.2. The number of rotatable bonds is 8. The number of benzene rings is 1. The molecule has 33 heavy (non-hydrogen) atoms. The maximum absolute atomic E-state index is 14.6. The van der Waals surface area contributed by atoms with Crippen LogP contribution in [0.3, 0.4) is 0 Å². The van der Waals surface area contributed by atoms with Crippen LogP contribution < -0.4 is 20.7 Å². The Labute approximate surface area is 199 Å². The first kappa shape index (κ1) is 23.8. The average Bonchev–Trinajstić information content (AvgIpc) is 3.11. The molecule has 2 atom stereocenters. The molecule has 0 aliphatic carbocycles. The second kappa shape index (κ2) is 11.2. The van der Waals surface area contributed by atoms with E-state index in [9.17, 15) is 4.39 Å². The number of nitrogens with two attached hydrogens (primary N) is 1. The minimum Gasteiger partial charge on any atom is -0.494 e. The van der Waals surface area contributed by atoms with Crippen LogP contribution in [0.2, 0.25) is 0 Å². The quantitative estimate of drug-likeness (QED) is 0.581. The summed E-state index contributed by atoms with van der Waals surface area (Å²) in [5.41, 5.74) is 6.79. The van der Waals surface area contributed by atoms with Crippen molar-refractivity contribution in [1.29, 1.82) is 0 Å². The Morgan fingerprint density at radius 3 is 2.88 bits per heavy atom. The Hall–Kier alpha value is -2.33. The number of nitrogen functional groups attached to an aromatic ring is 1. The van der Waals surface area contributed by atoms with Crippen LogP contribution in [0.25, 0.3) is 0 Å². The molecule has 2 aliphatic rings. The van der Waals surface area contributed by atoms with Gasteiger partial charge in [0.1, 0.15) is 0 Å². The van der Waals surface area contributed by atoms with Gasteiger partial charge in [-0.05, 0) is 56.7 Å². The molecule has 2 unspecified atom stereocenters. The van der Waals surface area contributed by atoms with Gasteiger partial charge in [0.15, 0.2) is 11.6 Å². The first-order valence-electron chi connectivity index (χ1n) is 11.8. The molecule has 10 heteroatoms. The van der Waals surface area contributed by atoms with E-state index in [2.05, 4.69) is 27.1 Å². The van der Waals surface area contributed by atoms with Crippen molar-refractivity contribution in [3.05, 3.63) is 24.0 Å². The van der Waals surface area contributed by atoms with E-state index in [1.54, 1.807) is 6.07 Å². The van der Waals surface area contributed by atoms with Gasteiger partial charge in [0.2, 0.25) is 17.8 Å². The Bertz CT molecular complexity index is 926. The first-order valence-corrected chi connectivity index (χ1v) is 12.9. The number of aromatic nitrogens is 3. The maximum atomic E-state index is 14.6. The fourth-order valence-corrected chi connectivity index (χ4v) is 5.98. The lowest BCUT2D eigenvalue weighted by molar-refractivity contribution is 0.277. The van der Waals surface area contributed by atoms with E-state index in [-0.39, 0.29) is 17.1 Å². The zero-order valence-corrected chi connectivity index (χ0v) is 20.3. The molecule has 8 nitrogen and oxygen atoms in total. The van der Waals surface area contributed by atoms with Crippen molar-refractivity contribution in [3.8, 4) is 5.75 Å². The van der Waals surface area contributed by atoms with Crippen molar-refractivity contribution >= 4 is 35.3 Å². The predicted molar refractivity (Wildman–Crippen MR) is 133 cm³/mol. The molecule has 1 aromatic heterocycles. The predicted octanol–water partition coefficient (Wildman–Crippen LogP) is 4.27. The molecule has 2 fully saturated rings. The zero-order valence-electron chi connectivity index (χ0n) is 19.5. The van der Waals surface area contributed by atoms with Gasteiger partial charge in [-0.3, -0.25) is 9.80 Å². The molecule has 2 aliphatic heterocycles. The zero-order chi connectivity index (χ0) is 23.2. The smallest absolute Gasteiger partial charge is 0.237 e. The van der Waals surface area contributed by atoms with Crippen molar-refractivity contribution < 1.29 is 9.13 Å². The second-order valence-corrected chi connectivity index (χ2v) is 9.77. The Kier molecular flexibility index (Phi) is 8.08. The summed E-state index contributed by atoms with van der Waals surface area (Å²) < 4.78 is 19.8. The molecule has 180 valence electrons. The lowest BCUT2D eigenvalue weighted by Crippen LogP contribution is -2.35. The highest BCUT2D eigenvalue weighted by molar-refractivity contribution is 8.00. The van der Waals surface area contributed by atoms with Gasteiger partial charge in [0.25, 0.3) is 0 Å².